The molecule has 1 aromatic carbocycles. The van der Waals surface area contributed by atoms with Crippen LogP contribution in [-0.2, 0) is 12.7 Å². The summed E-state index contributed by atoms with van der Waals surface area (Å²) in [6.07, 6.45) is -4.58. The first kappa shape index (κ1) is 15.2. The van der Waals surface area contributed by atoms with E-state index in [-0.39, 0.29) is 27.0 Å². The van der Waals surface area contributed by atoms with E-state index in [4.69, 9.17) is 11.6 Å². The molecule has 1 heterocycles. The largest absolute Gasteiger partial charge is 0.434 e. The van der Waals surface area contributed by atoms with Gasteiger partial charge in [-0.05, 0) is 19.2 Å². The highest BCUT2D eigenvalue weighted by Gasteiger charge is 2.37. The number of hydrogen-bond acceptors (Lipinski definition) is 3. The number of halogens is 5. The summed E-state index contributed by atoms with van der Waals surface area (Å²) in [5.41, 5.74) is -1.11. The lowest BCUT2D eigenvalue weighted by molar-refractivity contribution is -0.141. The Bertz CT molecular complexity index is 604. The van der Waals surface area contributed by atoms with Crippen LogP contribution in [0.3, 0.4) is 0 Å². The fourth-order valence-electron chi connectivity index (χ4n) is 1.66. The van der Waals surface area contributed by atoms with Crippen molar-refractivity contribution < 1.29 is 17.6 Å². The van der Waals surface area contributed by atoms with Gasteiger partial charge in [-0.15, -0.1) is 11.3 Å². The van der Waals surface area contributed by atoms with Gasteiger partial charge >= 0.3 is 6.18 Å². The molecule has 2 rings (SSSR count). The molecule has 0 saturated heterocycles. The molecule has 20 heavy (non-hydrogen) atoms. The monoisotopic (exact) mass is 324 g/mol. The molecule has 1 N–H and O–H groups in total. The third-order valence-corrected chi connectivity index (χ3v) is 3.87. The lowest BCUT2D eigenvalue weighted by Gasteiger charge is -2.05. The lowest BCUT2D eigenvalue weighted by atomic mass is 10.2. The van der Waals surface area contributed by atoms with E-state index < -0.39 is 17.7 Å². The zero-order valence-corrected chi connectivity index (χ0v) is 11.8. The van der Waals surface area contributed by atoms with Gasteiger partial charge < -0.3 is 5.32 Å². The SMILES string of the molecule is CNCc1sc(-c2c(F)cccc2Cl)nc1C(F)(F)F. The topological polar surface area (TPSA) is 24.9 Å². The molecule has 0 unspecified atom stereocenters. The number of nitrogens with zero attached hydrogens (tertiary/aromatic N) is 1. The van der Waals surface area contributed by atoms with Crippen LogP contribution in [0.5, 0.6) is 0 Å². The Morgan fingerprint density at radius 1 is 1.35 bits per heavy atom. The number of benzene rings is 1. The first-order chi connectivity index (χ1) is 9.34. The molecule has 0 radical (unpaired) electrons. The first-order valence-electron chi connectivity index (χ1n) is 5.50. The molecule has 0 aliphatic carbocycles. The van der Waals surface area contributed by atoms with Crippen molar-refractivity contribution in [2.45, 2.75) is 12.7 Å². The van der Waals surface area contributed by atoms with Gasteiger partial charge in [0.1, 0.15) is 10.8 Å². The summed E-state index contributed by atoms with van der Waals surface area (Å²) in [7, 11) is 1.52. The van der Waals surface area contributed by atoms with Gasteiger partial charge in [0.15, 0.2) is 5.69 Å². The summed E-state index contributed by atoms with van der Waals surface area (Å²) in [5.74, 6) is -0.698. The van der Waals surface area contributed by atoms with Crippen LogP contribution in [0.15, 0.2) is 18.2 Å². The van der Waals surface area contributed by atoms with E-state index in [0.717, 1.165) is 17.4 Å². The Labute approximate surface area is 121 Å². The van der Waals surface area contributed by atoms with Crippen LogP contribution < -0.4 is 5.32 Å². The highest BCUT2D eigenvalue weighted by atomic mass is 35.5. The molecule has 0 aliphatic rings. The Kier molecular flexibility index (Phi) is 4.31. The normalized spacial score (nSPS) is 11.9. The molecular formula is C12H9ClF4N2S. The van der Waals surface area contributed by atoms with E-state index >= 15 is 0 Å². The summed E-state index contributed by atoms with van der Waals surface area (Å²) >= 11 is 6.62. The molecular weight excluding hydrogens is 316 g/mol. The Balaban J connectivity index is 2.59. The van der Waals surface area contributed by atoms with E-state index in [0.29, 0.717) is 0 Å². The van der Waals surface area contributed by atoms with Crippen LogP contribution in [0.1, 0.15) is 10.6 Å². The van der Waals surface area contributed by atoms with Crippen molar-refractivity contribution in [3.63, 3.8) is 0 Å². The second-order valence-corrected chi connectivity index (χ2v) is 5.41. The summed E-state index contributed by atoms with van der Waals surface area (Å²) in [4.78, 5) is 3.52. The maximum absolute atomic E-state index is 13.7. The standard InChI is InChI=1S/C12H9ClF4N2S/c1-18-5-8-10(12(15,16)17)19-11(20-8)9-6(13)3-2-4-7(9)14/h2-4,18H,5H2,1H3. The summed E-state index contributed by atoms with van der Waals surface area (Å²) < 4.78 is 52.4. The Morgan fingerprint density at radius 2 is 2.05 bits per heavy atom. The van der Waals surface area contributed by atoms with Crippen LogP contribution >= 0.6 is 22.9 Å². The number of rotatable bonds is 3. The molecule has 0 fully saturated rings. The highest BCUT2D eigenvalue weighted by molar-refractivity contribution is 7.15. The molecule has 108 valence electrons. The van der Waals surface area contributed by atoms with Gasteiger partial charge in [0.05, 0.1) is 15.5 Å². The predicted octanol–water partition coefficient (Wildman–Crippen LogP) is 4.34. The number of thiazole rings is 1. The van der Waals surface area contributed by atoms with Crippen molar-refractivity contribution in [3.05, 3.63) is 39.6 Å². The second-order valence-electron chi connectivity index (χ2n) is 3.92. The van der Waals surface area contributed by atoms with E-state index in [9.17, 15) is 17.6 Å². The van der Waals surface area contributed by atoms with Crippen molar-refractivity contribution in [1.29, 1.82) is 0 Å². The van der Waals surface area contributed by atoms with E-state index in [1.807, 2.05) is 0 Å². The van der Waals surface area contributed by atoms with Gasteiger partial charge in [0.25, 0.3) is 0 Å². The molecule has 2 aromatic rings. The van der Waals surface area contributed by atoms with E-state index in [1.165, 1.54) is 19.2 Å². The van der Waals surface area contributed by atoms with Gasteiger partial charge in [0.2, 0.25) is 0 Å². The molecule has 0 atom stereocenters. The fourth-order valence-corrected chi connectivity index (χ4v) is 3.13. The van der Waals surface area contributed by atoms with Gasteiger partial charge in [-0.2, -0.15) is 13.2 Å². The molecule has 0 spiro atoms. The number of nitrogens with one attached hydrogen (secondary N) is 1. The van der Waals surface area contributed by atoms with E-state index in [2.05, 4.69) is 10.3 Å². The van der Waals surface area contributed by atoms with Crippen LogP contribution in [-0.4, -0.2) is 12.0 Å². The quantitative estimate of drug-likeness (QED) is 0.849. The average molecular weight is 325 g/mol. The third kappa shape index (κ3) is 2.94. The van der Waals surface area contributed by atoms with E-state index in [1.54, 1.807) is 0 Å². The zero-order valence-electron chi connectivity index (χ0n) is 10.2. The minimum atomic E-state index is -4.58. The smallest absolute Gasteiger partial charge is 0.315 e. The summed E-state index contributed by atoms with van der Waals surface area (Å²) in [6, 6.07) is 3.92. The molecule has 8 heteroatoms. The molecule has 0 saturated carbocycles. The number of hydrogen-bond donors (Lipinski definition) is 1. The molecule has 0 aliphatic heterocycles. The van der Waals surface area contributed by atoms with Crippen molar-refractivity contribution in [2.24, 2.45) is 0 Å². The maximum atomic E-state index is 13.7. The summed E-state index contributed by atoms with van der Waals surface area (Å²) in [5, 5.41) is 2.59. The van der Waals surface area contributed by atoms with Crippen molar-refractivity contribution >= 4 is 22.9 Å². The van der Waals surface area contributed by atoms with Crippen molar-refractivity contribution in [3.8, 4) is 10.6 Å². The van der Waals surface area contributed by atoms with Crippen LogP contribution in [0.4, 0.5) is 17.6 Å². The van der Waals surface area contributed by atoms with Crippen LogP contribution in [0.2, 0.25) is 5.02 Å². The minimum absolute atomic E-state index is 0.00141. The van der Waals surface area contributed by atoms with Gasteiger partial charge in [-0.1, -0.05) is 17.7 Å². The van der Waals surface area contributed by atoms with Gasteiger partial charge in [0, 0.05) is 6.54 Å². The molecule has 0 bridgehead atoms. The van der Waals surface area contributed by atoms with Crippen LogP contribution in [0.25, 0.3) is 10.6 Å². The van der Waals surface area contributed by atoms with Gasteiger partial charge in [-0.25, -0.2) is 9.37 Å². The third-order valence-electron chi connectivity index (χ3n) is 2.48. The predicted molar refractivity (Wildman–Crippen MR) is 70.3 cm³/mol. The summed E-state index contributed by atoms with van der Waals surface area (Å²) in [6.45, 7) is -0.00141. The fraction of sp³-hybridized carbons (Fsp3) is 0.250. The first-order valence-corrected chi connectivity index (χ1v) is 6.70. The molecule has 0 amide bonds. The maximum Gasteiger partial charge on any atom is 0.434 e. The zero-order chi connectivity index (χ0) is 14.9. The Hall–Kier alpha value is -1.18. The highest BCUT2D eigenvalue weighted by Crippen LogP contribution is 2.40. The van der Waals surface area contributed by atoms with Gasteiger partial charge in [-0.3, -0.25) is 0 Å². The van der Waals surface area contributed by atoms with Crippen molar-refractivity contribution in [2.75, 3.05) is 7.05 Å². The molecule has 2 nitrogen and oxygen atoms in total. The van der Waals surface area contributed by atoms with Crippen molar-refractivity contribution in [1.82, 2.24) is 10.3 Å². The number of aromatic nitrogens is 1. The van der Waals surface area contributed by atoms with Crippen LogP contribution in [0, 0.1) is 5.82 Å². The average Bonchev–Trinajstić information content (AvgIpc) is 2.73. The second kappa shape index (κ2) is 5.67. The lowest BCUT2D eigenvalue weighted by Crippen LogP contribution is -2.12. The number of alkyl halides is 3. The Morgan fingerprint density at radius 3 is 2.60 bits per heavy atom. The molecule has 1 aromatic heterocycles. The minimum Gasteiger partial charge on any atom is -0.315 e.